The monoisotopic (exact) mass is 334 g/mol. The van der Waals surface area contributed by atoms with Gasteiger partial charge in [-0.25, -0.2) is 4.79 Å². The van der Waals surface area contributed by atoms with Gasteiger partial charge < -0.3 is 19.4 Å². The molecule has 2 rings (SSSR count). The van der Waals surface area contributed by atoms with Crippen LogP contribution in [0.1, 0.15) is 35.5 Å². The molecule has 2 aromatic rings. The Labute approximate surface area is 142 Å². The molecule has 0 aromatic carbocycles. The number of aryl methyl sites for hydroxylation is 2. The highest BCUT2D eigenvalue weighted by molar-refractivity contribution is 5.74. The molecule has 2 aromatic heterocycles. The summed E-state index contributed by atoms with van der Waals surface area (Å²) in [6.45, 7) is 7.38. The van der Waals surface area contributed by atoms with Crippen LogP contribution in [0.2, 0.25) is 0 Å². The number of carbonyl (C=O) groups is 1. The van der Waals surface area contributed by atoms with E-state index in [-0.39, 0.29) is 12.1 Å². The number of carbonyl (C=O) groups excluding carboxylic acids is 1. The molecule has 0 fully saturated rings. The molecule has 0 aliphatic heterocycles. The first-order valence-electron chi connectivity index (χ1n) is 7.99. The van der Waals surface area contributed by atoms with Gasteiger partial charge in [-0.2, -0.15) is 5.10 Å². The van der Waals surface area contributed by atoms with Crippen LogP contribution in [-0.2, 0) is 18.3 Å². The first-order valence-corrected chi connectivity index (χ1v) is 7.99. The minimum Gasteiger partial charge on any atom is -0.472 e. The maximum absolute atomic E-state index is 12.7. The number of amides is 2. The first kappa shape index (κ1) is 18.1. The van der Waals surface area contributed by atoms with E-state index in [0.717, 1.165) is 22.5 Å². The Morgan fingerprint density at radius 3 is 2.79 bits per heavy atom. The predicted molar refractivity (Wildman–Crippen MR) is 90.6 cm³/mol. The van der Waals surface area contributed by atoms with Crippen molar-refractivity contribution >= 4 is 6.03 Å². The number of ether oxygens (including phenoxy) is 1. The van der Waals surface area contributed by atoms with E-state index < -0.39 is 0 Å². The van der Waals surface area contributed by atoms with Crippen LogP contribution in [0.15, 0.2) is 23.0 Å². The molecular weight excluding hydrogens is 308 g/mol. The van der Waals surface area contributed by atoms with Gasteiger partial charge >= 0.3 is 6.03 Å². The van der Waals surface area contributed by atoms with Gasteiger partial charge in [0.2, 0.25) is 0 Å². The van der Waals surface area contributed by atoms with Gasteiger partial charge in [-0.3, -0.25) is 4.68 Å². The van der Waals surface area contributed by atoms with Crippen molar-refractivity contribution in [1.29, 1.82) is 0 Å². The lowest BCUT2D eigenvalue weighted by Gasteiger charge is -2.25. The topological polar surface area (TPSA) is 72.5 Å². The second-order valence-electron chi connectivity index (χ2n) is 5.92. The van der Waals surface area contributed by atoms with Crippen molar-refractivity contribution in [2.24, 2.45) is 7.05 Å². The van der Waals surface area contributed by atoms with Gasteiger partial charge in [-0.05, 0) is 26.8 Å². The molecule has 0 spiro atoms. The maximum Gasteiger partial charge on any atom is 0.318 e. The fraction of sp³-hybridized carbons (Fsp3) is 0.529. The molecule has 1 unspecified atom stereocenters. The van der Waals surface area contributed by atoms with Crippen LogP contribution in [0.4, 0.5) is 4.79 Å². The summed E-state index contributed by atoms with van der Waals surface area (Å²) >= 11 is 0. The van der Waals surface area contributed by atoms with Gasteiger partial charge in [0.25, 0.3) is 0 Å². The van der Waals surface area contributed by atoms with E-state index in [1.807, 2.05) is 38.6 Å². The van der Waals surface area contributed by atoms with Crippen molar-refractivity contribution in [1.82, 2.24) is 20.0 Å². The molecule has 2 heterocycles. The number of hydrogen-bond donors (Lipinski definition) is 1. The van der Waals surface area contributed by atoms with Crippen LogP contribution >= 0.6 is 0 Å². The van der Waals surface area contributed by atoms with Gasteiger partial charge in [0, 0.05) is 37.5 Å². The highest BCUT2D eigenvalue weighted by atomic mass is 16.5. The third-order valence-electron chi connectivity index (χ3n) is 4.24. The molecular formula is C17H26N4O3. The van der Waals surface area contributed by atoms with E-state index in [0.29, 0.717) is 19.7 Å². The zero-order chi connectivity index (χ0) is 17.7. The lowest BCUT2D eigenvalue weighted by atomic mass is 10.1. The second-order valence-corrected chi connectivity index (χ2v) is 5.92. The van der Waals surface area contributed by atoms with E-state index in [1.165, 1.54) is 0 Å². The molecule has 24 heavy (non-hydrogen) atoms. The summed E-state index contributed by atoms with van der Waals surface area (Å²) in [5, 5.41) is 7.42. The number of hydrogen-bond acceptors (Lipinski definition) is 4. The van der Waals surface area contributed by atoms with Crippen LogP contribution < -0.4 is 5.32 Å². The lowest BCUT2D eigenvalue weighted by Crippen LogP contribution is -2.42. The number of furan rings is 1. The molecule has 132 valence electrons. The largest absolute Gasteiger partial charge is 0.472 e. The highest BCUT2D eigenvalue weighted by Gasteiger charge is 2.20. The van der Waals surface area contributed by atoms with Crippen LogP contribution in [0, 0.1) is 13.8 Å². The van der Waals surface area contributed by atoms with E-state index in [9.17, 15) is 4.79 Å². The highest BCUT2D eigenvalue weighted by Crippen LogP contribution is 2.17. The predicted octanol–water partition coefficient (Wildman–Crippen LogP) is 2.55. The van der Waals surface area contributed by atoms with Gasteiger partial charge in [0.05, 0.1) is 37.4 Å². The minimum absolute atomic E-state index is 0.127. The van der Waals surface area contributed by atoms with E-state index in [4.69, 9.17) is 9.15 Å². The number of urea groups is 1. The number of rotatable bonds is 7. The summed E-state index contributed by atoms with van der Waals surface area (Å²) in [7, 11) is 3.54. The average molecular weight is 334 g/mol. The van der Waals surface area contributed by atoms with Gasteiger partial charge in [-0.1, -0.05) is 0 Å². The SMILES string of the molecule is COCCN(Cc1c(C)nn(C)c1C)C(=O)NC(C)c1ccoc1. The summed E-state index contributed by atoms with van der Waals surface area (Å²) < 4.78 is 12.1. The minimum atomic E-state index is -0.136. The van der Waals surface area contributed by atoms with E-state index >= 15 is 0 Å². The van der Waals surface area contributed by atoms with Crippen molar-refractivity contribution in [3.05, 3.63) is 41.1 Å². The van der Waals surface area contributed by atoms with Crippen molar-refractivity contribution < 1.29 is 13.9 Å². The summed E-state index contributed by atoms with van der Waals surface area (Å²) in [6, 6.07) is 1.58. The molecule has 1 N–H and O–H groups in total. The standard InChI is InChI=1S/C17H26N4O3/c1-12(15-6-8-24-11-15)18-17(22)21(7-9-23-5)10-16-13(2)19-20(4)14(16)3/h6,8,11-12H,7,9-10H2,1-5H3,(H,18,22). The third-order valence-corrected chi connectivity index (χ3v) is 4.24. The zero-order valence-corrected chi connectivity index (χ0v) is 15.0. The molecule has 0 aliphatic rings. The number of nitrogens with one attached hydrogen (secondary N) is 1. The molecule has 0 aliphatic carbocycles. The van der Waals surface area contributed by atoms with Crippen molar-refractivity contribution in [2.75, 3.05) is 20.3 Å². The Hall–Kier alpha value is -2.28. The van der Waals surface area contributed by atoms with Crippen LogP contribution in [0.3, 0.4) is 0 Å². The zero-order valence-electron chi connectivity index (χ0n) is 15.0. The fourth-order valence-electron chi connectivity index (χ4n) is 2.57. The summed E-state index contributed by atoms with van der Waals surface area (Å²) in [6.07, 6.45) is 3.24. The van der Waals surface area contributed by atoms with Crippen LogP contribution in [-0.4, -0.2) is 41.0 Å². The normalized spacial score (nSPS) is 12.2. The Morgan fingerprint density at radius 2 is 2.25 bits per heavy atom. The Balaban J connectivity index is 2.10. The molecule has 7 heteroatoms. The number of methoxy groups -OCH3 is 1. The molecule has 7 nitrogen and oxygen atoms in total. The summed E-state index contributed by atoms with van der Waals surface area (Å²) in [5.74, 6) is 0. The Morgan fingerprint density at radius 1 is 1.50 bits per heavy atom. The van der Waals surface area contributed by atoms with Crippen LogP contribution in [0.5, 0.6) is 0 Å². The molecule has 0 radical (unpaired) electrons. The fourth-order valence-corrected chi connectivity index (χ4v) is 2.57. The quantitative estimate of drug-likeness (QED) is 0.844. The number of aromatic nitrogens is 2. The Kier molecular flexibility index (Phi) is 6.03. The van der Waals surface area contributed by atoms with Crippen LogP contribution in [0.25, 0.3) is 0 Å². The average Bonchev–Trinajstić information content (AvgIpc) is 3.15. The molecule has 0 bridgehead atoms. The van der Waals surface area contributed by atoms with Gasteiger partial charge in [0.1, 0.15) is 0 Å². The molecule has 2 amide bonds. The van der Waals surface area contributed by atoms with Gasteiger partial charge in [0.15, 0.2) is 0 Å². The summed E-state index contributed by atoms with van der Waals surface area (Å²) in [5.41, 5.74) is 4.00. The Bertz CT molecular complexity index is 664. The van der Waals surface area contributed by atoms with Crippen molar-refractivity contribution in [3.63, 3.8) is 0 Å². The lowest BCUT2D eigenvalue weighted by molar-refractivity contribution is 0.145. The smallest absolute Gasteiger partial charge is 0.318 e. The maximum atomic E-state index is 12.7. The van der Waals surface area contributed by atoms with E-state index in [2.05, 4.69) is 10.4 Å². The number of nitrogens with zero attached hydrogens (tertiary/aromatic N) is 3. The van der Waals surface area contributed by atoms with Crippen molar-refractivity contribution in [3.8, 4) is 0 Å². The second kappa shape index (κ2) is 8.01. The van der Waals surface area contributed by atoms with E-state index in [1.54, 1.807) is 24.5 Å². The molecule has 0 saturated carbocycles. The summed E-state index contributed by atoms with van der Waals surface area (Å²) in [4.78, 5) is 14.4. The molecule has 1 atom stereocenters. The molecule has 0 saturated heterocycles. The van der Waals surface area contributed by atoms with Crippen molar-refractivity contribution in [2.45, 2.75) is 33.4 Å². The third kappa shape index (κ3) is 4.17. The van der Waals surface area contributed by atoms with Gasteiger partial charge in [-0.15, -0.1) is 0 Å². The first-order chi connectivity index (χ1) is 11.4.